The first-order valence-corrected chi connectivity index (χ1v) is 11.6. The van der Waals surface area contributed by atoms with E-state index in [0.29, 0.717) is 16.2 Å². The molecule has 0 unspecified atom stereocenters. The summed E-state index contributed by atoms with van der Waals surface area (Å²) in [6, 6.07) is 17.2. The Morgan fingerprint density at radius 2 is 1.88 bits per heavy atom. The van der Waals surface area contributed by atoms with Gasteiger partial charge in [-0.25, -0.2) is 14.4 Å². The molecule has 0 amide bonds. The summed E-state index contributed by atoms with van der Waals surface area (Å²) < 4.78 is 10.7. The van der Waals surface area contributed by atoms with Crippen LogP contribution in [0.2, 0.25) is 0 Å². The average Bonchev–Trinajstić information content (AvgIpc) is 3.60. The lowest BCUT2D eigenvalue weighted by molar-refractivity contribution is 0.575. The van der Waals surface area contributed by atoms with Crippen LogP contribution in [0, 0.1) is 6.92 Å². The lowest BCUT2D eigenvalue weighted by Gasteiger charge is -2.07. The molecule has 160 valence electrons. The molecule has 0 N–H and O–H groups in total. The van der Waals surface area contributed by atoms with Crippen LogP contribution < -0.4 is 10.4 Å². The van der Waals surface area contributed by atoms with Crippen LogP contribution in [0.4, 0.5) is 5.69 Å². The minimum absolute atomic E-state index is 0.182. The molecule has 5 aromatic rings. The first-order valence-electron chi connectivity index (χ1n) is 9.84. The highest BCUT2D eigenvalue weighted by atomic mass is 32.1. The maximum Gasteiger partial charge on any atom is 0.297 e. The molecule has 0 aliphatic rings. The third-order valence-corrected chi connectivity index (χ3v) is 6.66. The minimum atomic E-state index is -0.182. The second kappa shape index (κ2) is 8.45. The topological polar surface area (TPSA) is 69.7 Å². The molecular formula is C23H19N5O2S2. The Balaban J connectivity index is 1.69. The van der Waals surface area contributed by atoms with Gasteiger partial charge >= 0.3 is 0 Å². The molecule has 0 bridgehead atoms. The van der Waals surface area contributed by atoms with Gasteiger partial charge in [0.1, 0.15) is 5.69 Å². The molecule has 9 heteroatoms. The van der Waals surface area contributed by atoms with Crippen LogP contribution in [0.3, 0.4) is 0 Å². The third-order valence-electron chi connectivity index (χ3n) is 5.03. The maximum atomic E-state index is 13.3. The van der Waals surface area contributed by atoms with Gasteiger partial charge in [-0.1, -0.05) is 24.3 Å². The van der Waals surface area contributed by atoms with Crippen molar-refractivity contribution < 1.29 is 4.42 Å². The van der Waals surface area contributed by atoms with Crippen LogP contribution in [0.1, 0.15) is 10.6 Å². The molecule has 0 fully saturated rings. The molecule has 32 heavy (non-hydrogen) atoms. The smallest absolute Gasteiger partial charge is 0.297 e. The quantitative estimate of drug-likeness (QED) is 0.353. The molecule has 1 aromatic carbocycles. The number of thiazole rings is 1. The summed E-state index contributed by atoms with van der Waals surface area (Å²) in [5.74, 6) is 0.678. The highest BCUT2D eigenvalue weighted by Gasteiger charge is 2.17. The van der Waals surface area contributed by atoms with Gasteiger partial charge in [-0.05, 0) is 42.6 Å². The minimum Gasteiger partial charge on any atom is -0.463 e. The number of nitrogens with zero attached hydrogens (tertiary/aromatic N) is 5. The van der Waals surface area contributed by atoms with E-state index in [1.807, 2.05) is 84.0 Å². The van der Waals surface area contributed by atoms with E-state index < -0.39 is 0 Å². The van der Waals surface area contributed by atoms with Crippen LogP contribution in [0.25, 0.3) is 17.1 Å². The second-order valence-electron chi connectivity index (χ2n) is 6.97. The van der Waals surface area contributed by atoms with Crippen LogP contribution in [0.15, 0.2) is 90.9 Å². The van der Waals surface area contributed by atoms with E-state index in [1.54, 1.807) is 33.2 Å². The first kappa shape index (κ1) is 20.2. The number of furan rings is 1. The summed E-state index contributed by atoms with van der Waals surface area (Å²) in [5, 5.41) is 8.58. The van der Waals surface area contributed by atoms with Crippen LogP contribution >= 0.6 is 22.7 Å². The summed E-state index contributed by atoms with van der Waals surface area (Å²) in [5.41, 5.74) is 2.52. The number of benzene rings is 1. The first-order chi connectivity index (χ1) is 15.6. The summed E-state index contributed by atoms with van der Waals surface area (Å²) in [7, 11) is 1.86. The number of thiophene rings is 1. The fourth-order valence-electron chi connectivity index (χ4n) is 3.34. The molecule has 7 nitrogen and oxygen atoms in total. The summed E-state index contributed by atoms with van der Waals surface area (Å²) in [6.45, 7) is 1.89. The van der Waals surface area contributed by atoms with Gasteiger partial charge in [0.05, 0.1) is 23.9 Å². The molecule has 0 atom stereocenters. The Kier molecular flexibility index (Phi) is 5.34. The number of aromatic nitrogens is 3. The van der Waals surface area contributed by atoms with Crippen molar-refractivity contribution in [3.8, 4) is 17.1 Å². The van der Waals surface area contributed by atoms with Crippen molar-refractivity contribution in [1.82, 2.24) is 14.0 Å². The van der Waals surface area contributed by atoms with Crippen molar-refractivity contribution in [3.05, 3.63) is 97.3 Å². The van der Waals surface area contributed by atoms with E-state index in [2.05, 4.69) is 5.10 Å². The number of hydrogen-bond acceptors (Lipinski definition) is 6. The fraction of sp³-hybridized carbons (Fsp3) is 0.0870. The van der Waals surface area contributed by atoms with Gasteiger partial charge in [-0.15, -0.1) is 22.7 Å². The third kappa shape index (κ3) is 3.61. The van der Waals surface area contributed by atoms with Crippen molar-refractivity contribution in [2.75, 3.05) is 0 Å². The van der Waals surface area contributed by atoms with Crippen LogP contribution in [0.5, 0.6) is 0 Å². The Morgan fingerprint density at radius 3 is 2.59 bits per heavy atom. The van der Waals surface area contributed by atoms with Gasteiger partial charge in [-0.3, -0.25) is 9.48 Å². The Hall–Kier alpha value is -3.69. The van der Waals surface area contributed by atoms with Crippen molar-refractivity contribution in [2.45, 2.75) is 6.92 Å². The second-order valence-corrected chi connectivity index (χ2v) is 8.79. The van der Waals surface area contributed by atoms with Crippen molar-refractivity contribution in [3.63, 3.8) is 0 Å². The Bertz CT molecular complexity index is 1500. The van der Waals surface area contributed by atoms with E-state index in [1.165, 1.54) is 11.3 Å². The Morgan fingerprint density at radius 1 is 1.03 bits per heavy atom. The zero-order valence-corrected chi connectivity index (χ0v) is 19.0. The van der Waals surface area contributed by atoms with Gasteiger partial charge < -0.3 is 4.42 Å². The standard InChI is InChI=1S/C23H19N5O2S2/c1-16-21(22(29)28(26(16)2)17-8-4-3-5-9-17)25-23-27(24-14-18-10-7-13-31-18)19(15-32-23)20-11-6-12-30-20/h3-15H,1-2H3. The molecule has 0 radical (unpaired) electrons. The molecule has 5 rings (SSSR count). The van der Waals surface area contributed by atoms with E-state index >= 15 is 0 Å². The van der Waals surface area contributed by atoms with Gasteiger partial charge in [0.25, 0.3) is 5.56 Å². The lowest BCUT2D eigenvalue weighted by Crippen LogP contribution is -2.19. The highest BCUT2D eigenvalue weighted by Crippen LogP contribution is 2.22. The predicted molar refractivity (Wildman–Crippen MR) is 128 cm³/mol. The van der Waals surface area contributed by atoms with Crippen LogP contribution in [-0.4, -0.2) is 20.3 Å². The Labute approximate surface area is 191 Å². The summed E-state index contributed by atoms with van der Waals surface area (Å²) in [4.78, 5) is 19.6. The van der Waals surface area contributed by atoms with E-state index in [4.69, 9.17) is 9.41 Å². The molecule has 4 aromatic heterocycles. The monoisotopic (exact) mass is 461 g/mol. The number of rotatable bonds is 5. The normalized spacial score (nSPS) is 12.2. The molecular weight excluding hydrogens is 442 g/mol. The largest absolute Gasteiger partial charge is 0.463 e. The summed E-state index contributed by atoms with van der Waals surface area (Å²) >= 11 is 3.00. The highest BCUT2D eigenvalue weighted by molar-refractivity contribution is 7.11. The number of hydrogen-bond donors (Lipinski definition) is 0. The molecule has 0 aliphatic carbocycles. The zero-order valence-electron chi connectivity index (χ0n) is 17.4. The van der Waals surface area contributed by atoms with Crippen molar-refractivity contribution in [2.24, 2.45) is 17.1 Å². The lowest BCUT2D eigenvalue weighted by atomic mass is 10.3. The van der Waals surface area contributed by atoms with Gasteiger partial charge in [-0.2, -0.15) is 5.10 Å². The SMILES string of the molecule is Cc1c(N=c2scc(-c3ccco3)n2N=Cc2cccs2)c(=O)n(-c2ccccc2)n1C. The van der Waals surface area contributed by atoms with E-state index in [-0.39, 0.29) is 5.56 Å². The maximum absolute atomic E-state index is 13.3. The van der Waals surface area contributed by atoms with E-state index in [9.17, 15) is 4.79 Å². The molecule has 4 heterocycles. The molecule has 0 saturated carbocycles. The van der Waals surface area contributed by atoms with Gasteiger partial charge in [0, 0.05) is 17.3 Å². The zero-order chi connectivity index (χ0) is 22.1. The van der Waals surface area contributed by atoms with Gasteiger partial charge in [0.15, 0.2) is 11.4 Å². The fourth-order valence-corrected chi connectivity index (χ4v) is 4.74. The van der Waals surface area contributed by atoms with E-state index in [0.717, 1.165) is 22.0 Å². The molecule has 0 saturated heterocycles. The van der Waals surface area contributed by atoms with Crippen molar-refractivity contribution in [1.29, 1.82) is 0 Å². The predicted octanol–water partition coefficient (Wildman–Crippen LogP) is 4.78. The number of para-hydroxylation sites is 1. The van der Waals surface area contributed by atoms with Crippen LogP contribution in [-0.2, 0) is 7.05 Å². The van der Waals surface area contributed by atoms with Gasteiger partial charge in [0.2, 0.25) is 4.80 Å². The molecule has 0 aliphatic heterocycles. The average molecular weight is 462 g/mol. The van der Waals surface area contributed by atoms with Crippen molar-refractivity contribution >= 4 is 34.6 Å². The molecule has 0 spiro atoms. The summed E-state index contributed by atoms with van der Waals surface area (Å²) in [6.07, 6.45) is 3.40.